The topological polar surface area (TPSA) is 26.3 Å². The third-order valence-electron chi connectivity index (χ3n) is 5.93. The first kappa shape index (κ1) is 64.0. The van der Waals surface area contributed by atoms with Gasteiger partial charge in [0, 0.05) is 50.4 Å². The number of esters is 1. The summed E-state index contributed by atoms with van der Waals surface area (Å²) in [5.41, 5.74) is 5.59. The van der Waals surface area contributed by atoms with Gasteiger partial charge in [0.2, 0.25) is 0 Å². The maximum absolute atomic E-state index is 10.8. The Labute approximate surface area is 378 Å². The molecule has 2 radical (unpaired) electrons. The van der Waals surface area contributed by atoms with Gasteiger partial charge in [-0.25, -0.2) is 4.79 Å². The molecule has 22 heteroatoms. The van der Waals surface area contributed by atoms with Crippen LogP contribution in [0.2, 0.25) is 11.4 Å². The molecule has 0 N–H and O–H groups in total. The molecule has 5 aromatic rings. The van der Waals surface area contributed by atoms with Gasteiger partial charge in [0.1, 0.15) is 0 Å². The maximum atomic E-state index is 10.8. The summed E-state index contributed by atoms with van der Waals surface area (Å²) in [6.07, 6.45) is 0. The molecule has 0 fully saturated rings. The van der Waals surface area contributed by atoms with Gasteiger partial charge in [0.05, 0.1) is 6.61 Å². The minimum Gasteiger partial charge on any atom is -0.152 e. The molecule has 5 rings (SSSR count). The molecular formula is C37H36As2F12O2P4Rh2. The predicted octanol–water partition coefficient (Wildman–Crippen LogP) is 13.9. The Morgan fingerprint density at radius 3 is 0.864 bits per heavy atom. The standard InChI is InChI=1S/2C13H13As.C11H10O2.4F3P.2Rh/c2*1-14(12-8-4-2-5-9-12)13-10-6-3-7-11-13;1-2-13-11(12)9-8-10-6-4-3-5-7-10;4*1-4(2)3;;/h2*2-11H,1H3;3-7H,2H2,1H3;;;;;;. The average Bonchev–Trinajstić information content (AvgIpc) is 3.18. The first-order valence-electron chi connectivity index (χ1n) is 15.5. The number of hydrogen-bond acceptors (Lipinski definition) is 2. The van der Waals surface area contributed by atoms with Crippen molar-refractivity contribution in [2.24, 2.45) is 0 Å². The zero-order chi connectivity index (χ0) is 43.4. The van der Waals surface area contributed by atoms with Crippen molar-refractivity contribution in [1.82, 2.24) is 0 Å². The van der Waals surface area contributed by atoms with E-state index in [2.05, 4.69) is 149 Å². The van der Waals surface area contributed by atoms with E-state index in [1.807, 2.05) is 30.3 Å². The van der Waals surface area contributed by atoms with E-state index in [9.17, 15) is 55.2 Å². The first-order chi connectivity index (χ1) is 27.0. The van der Waals surface area contributed by atoms with Gasteiger partial charge in [0.15, 0.2) is 0 Å². The molecule has 59 heavy (non-hydrogen) atoms. The number of ether oxygens (including phenoxy) is 1. The number of carbonyl (C=O) groups excluding carboxylic acids is 1. The second-order valence-corrected chi connectivity index (χ2v) is 20.1. The second-order valence-electron chi connectivity index (χ2n) is 9.56. The Hall–Kier alpha value is -1.63. The molecule has 0 unspecified atom stereocenters. The molecule has 0 bridgehead atoms. The molecule has 0 aliphatic rings. The van der Waals surface area contributed by atoms with Crippen molar-refractivity contribution in [3.63, 3.8) is 0 Å². The summed E-state index contributed by atoms with van der Waals surface area (Å²) >= 11 is -1.98. The predicted molar refractivity (Wildman–Crippen MR) is 218 cm³/mol. The Balaban J connectivity index is -0.000000321. The number of rotatable bonds is 5. The third-order valence-corrected chi connectivity index (χ3v) is 14.9. The van der Waals surface area contributed by atoms with Gasteiger partial charge in [-0.2, -0.15) is 50.4 Å². The number of hydrogen-bond donors (Lipinski definition) is 0. The van der Waals surface area contributed by atoms with Crippen LogP contribution in [0.5, 0.6) is 0 Å². The summed E-state index contributed by atoms with van der Waals surface area (Å²) in [6, 6.07) is 52.6. The van der Waals surface area contributed by atoms with Crippen LogP contribution in [0, 0.1) is 11.8 Å². The molecule has 0 atom stereocenters. The van der Waals surface area contributed by atoms with E-state index >= 15 is 0 Å². The third kappa shape index (κ3) is 42.8. The second kappa shape index (κ2) is 43.0. The first-order valence-corrected chi connectivity index (χ1v) is 27.1. The van der Waals surface area contributed by atoms with Crippen LogP contribution in [0.1, 0.15) is 12.5 Å². The van der Waals surface area contributed by atoms with Crippen molar-refractivity contribution in [1.29, 1.82) is 0 Å². The monoisotopic (exact) mass is 1220 g/mol. The van der Waals surface area contributed by atoms with Gasteiger partial charge in [-0.05, 0) is 19.1 Å². The Morgan fingerprint density at radius 2 is 0.661 bits per heavy atom. The number of halogens is 12. The maximum Gasteiger partial charge on any atom is 0.456 e. The van der Waals surface area contributed by atoms with Crippen molar-refractivity contribution in [3.05, 3.63) is 157 Å². The fourth-order valence-corrected chi connectivity index (χ4v) is 10.2. The van der Waals surface area contributed by atoms with E-state index in [4.69, 9.17) is 0 Å². The van der Waals surface area contributed by atoms with Crippen LogP contribution in [-0.4, -0.2) is 41.9 Å². The quantitative estimate of drug-likeness (QED) is 0.0576. The SMILES string of the molecule is CCOC(=O)C#Cc1ccccc1.C[As](c1ccccc1)c1ccccc1.C[As](c1ccccc1)c1ccccc1.FP(F)F.FP(F)F.FP(F)F.FP(F)F.[Rh].[Rh]. The van der Waals surface area contributed by atoms with E-state index in [0.717, 1.165) is 5.56 Å². The smallest absolute Gasteiger partial charge is 0.152 e. The number of benzene rings is 5. The van der Waals surface area contributed by atoms with Crippen molar-refractivity contribution in [2.75, 3.05) is 6.61 Å². The van der Waals surface area contributed by atoms with Gasteiger partial charge in [0.25, 0.3) is 0 Å². The zero-order valence-electron chi connectivity index (χ0n) is 30.8. The van der Waals surface area contributed by atoms with Crippen molar-refractivity contribution < 1.29 is 98.9 Å². The van der Waals surface area contributed by atoms with Crippen LogP contribution in [0.4, 0.5) is 50.4 Å². The normalized spacial score (nSPS) is 9.24. The zero-order valence-corrected chi connectivity index (χ0v) is 41.5. The summed E-state index contributed by atoms with van der Waals surface area (Å²) in [5.74, 6) is 4.61. The van der Waals surface area contributed by atoms with Crippen LogP contribution in [0.3, 0.4) is 0 Å². The molecule has 0 spiro atoms. The summed E-state index contributed by atoms with van der Waals surface area (Å²) in [4.78, 5) is 10.8. The summed E-state index contributed by atoms with van der Waals surface area (Å²) < 4.78 is 128. The van der Waals surface area contributed by atoms with E-state index < -0.39 is 70.7 Å². The summed E-state index contributed by atoms with van der Waals surface area (Å²) in [6.45, 7) is 2.12. The van der Waals surface area contributed by atoms with Gasteiger partial charge < -0.3 is 4.74 Å². The molecule has 0 aromatic heterocycles. The Morgan fingerprint density at radius 1 is 0.458 bits per heavy atom. The van der Waals surface area contributed by atoms with Crippen LogP contribution in [0.25, 0.3) is 0 Å². The molecular weight excluding hydrogens is 1180 g/mol. The Bertz CT molecular complexity index is 1540. The molecule has 5 aromatic carbocycles. The van der Waals surface area contributed by atoms with Gasteiger partial charge in [-0.1, -0.05) is 24.1 Å². The largest absolute Gasteiger partial charge is 0.456 e. The van der Waals surface area contributed by atoms with E-state index in [1.54, 1.807) is 6.92 Å². The van der Waals surface area contributed by atoms with E-state index in [0.29, 0.717) is 6.61 Å². The number of carbonyl (C=O) groups is 1. The minimum absolute atomic E-state index is 0. The minimum atomic E-state index is -4.12. The molecule has 328 valence electrons. The fourth-order valence-electron chi connectivity index (χ4n) is 3.72. The van der Waals surface area contributed by atoms with Gasteiger partial charge in [-0.15, -0.1) is 0 Å². The van der Waals surface area contributed by atoms with Crippen molar-refractivity contribution in [3.8, 4) is 11.8 Å². The van der Waals surface area contributed by atoms with Crippen molar-refractivity contribution >= 4 is 88.1 Å². The average molecular weight is 1220 g/mol. The summed E-state index contributed by atoms with van der Waals surface area (Å²) in [5, 5.41) is 0. The summed E-state index contributed by atoms with van der Waals surface area (Å²) in [7, 11) is -16.5. The van der Waals surface area contributed by atoms with Crippen molar-refractivity contribution in [2.45, 2.75) is 18.3 Å². The van der Waals surface area contributed by atoms with Gasteiger partial charge >= 0.3 is 221 Å². The van der Waals surface area contributed by atoms with Crippen LogP contribution < -0.4 is 17.4 Å². The van der Waals surface area contributed by atoms with E-state index in [1.165, 1.54) is 17.4 Å². The van der Waals surface area contributed by atoms with E-state index in [-0.39, 0.29) is 39.0 Å². The van der Waals surface area contributed by atoms with Crippen LogP contribution >= 0.6 is 35.4 Å². The molecule has 0 saturated carbocycles. The molecule has 0 amide bonds. The molecule has 0 aliphatic carbocycles. The molecule has 2 nitrogen and oxygen atoms in total. The Kier molecular flexibility index (Phi) is 46.7. The van der Waals surface area contributed by atoms with Gasteiger partial charge in [-0.3, -0.25) is 0 Å². The fraction of sp³-hybridized carbons (Fsp3) is 0.108. The van der Waals surface area contributed by atoms with Crippen LogP contribution in [-0.2, 0) is 48.5 Å². The molecule has 0 heterocycles. The molecule has 0 aliphatic heterocycles. The van der Waals surface area contributed by atoms with Crippen LogP contribution in [0.15, 0.2) is 152 Å². The molecule has 0 saturated heterocycles.